The molecule has 1 atom stereocenters. The van der Waals surface area contributed by atoms with Crippen LogP contribution in [-0.2, 0) is 14.3 Å². The molecule has 5 heteroatoms. The molecule has 0 aliphatic heterocycles. The molecule has 1 amide bonds. The summed E-state index contributed by atoms with van der Waals surface area (Å²) in [6, 6.07) is 5.80. The number of carbonyl (C=O) groups excluding carboxylic acids is 2. The summed E-state index contributed by atoms with van der Waals surface area (Å²) in [6.07, 6.45) is 2.98. The molecule has 0 saturated heterocycles. The first-order chi connectivity index (χ1) is 13.0. The molecule has 0 heterocycles. The predicted molar refractivity (Wildman–Crippen MR) is 110 cm³/mol. The van der Waals surface area contributed by atoms with E-state index in [1.165, 1.54) is 7.11 Å². The summed E-state index contributed by atoms with van der Waals surface area (Å²) in [5.41, 5.74) is 1.13. The number of aryl methyl sites for hydroxylation is 1. The van der Waals surface area contributed by atoms with Gasteiger partial charge in [0.25, 0.3) is 0 Å². The van der Waals surface area contributed by atoms with Crippen molar-refractivity contribution >= 4 is 11.9 Å². The van der Waals surface area contributed by atoms with E-state index in [9.17, 15) is 9.59 Å². The summed E-state index contributed by atoms with van der Waals surface area (Å²) >= 11 is 0. The van der Waals surface area contributed by atoms with Crippen molar-refractivity contribution in [2.75, 3.05) is 14.2 Å². The maximum absolute atomic E-state index is 13.1. The van der Waals surface area contributed by atoms with Crippen LogP contribution in [0.5, 0.6) is 5.75 Å². The zero-order valence-electron chi connectivity index (χ0n) is 18.3. The standard InChI is InChI=1S/C23H35NO4/c1-15-8-9-18(19(14-15)27-6)16(2)20(25)24-23(21(26)28-7)12-10-17(11-13-23)22(3,4)5/h8-9,14,16-17H,10-13H2,1-7H3,(H,24,25). The Labute approximate surface area is 169 Å². The second-order valence-corrected chi connectivity index (χ2v) is 9.17. The van der Waals surface area contributed by atoms with Gasteiger partial charge in [-0.1, -0.05) is 32.9 Å². The van der Waals surface area contributed by atoms with Gasteiger partial charge in [0.1, 0.15) is 11.3 Å². The molecule has 0 bridgehead atoms. The third-order valence-electron chi connectivity index (χ3n) is 6.25. The number of hydrogen-bond donors (Lipinski definition) is 1. The van der Waals surface area contributed by atoms with Gasteiger partial charge in [0.15, 0.2) is 0 Å². The maximum atomic E-state index is 13.1. The number of methoxy groups -OCH3 is 2. The third-order valence-corrected chi connectivity index (χ3v) is 6.25. The summed E-state index contributed by atoms with van der Waals surface area (Å²) in [7, 11) is 2.99. The van der Waals surface area contributed by atoms with Crippen LogP contribution in [0.3, 0.4) is 0 Å². The Balaban J connectivity index is 2.21. The van der Waals surface area contributed by atoms with E-state index in [-0.39, 0.29) is 17.3 Å². The lowest BCUT2D eigenvalue weighted by Crippen LogP contribution is -2.58. The quantitative estimate of drug-likeness (QED) is 0.760. The minimum Gasteiger partial charge on any atom is -0.496 e. The highest BCUT2D eigenvalue weighted by Gasteiger charge is 2.46. The number of nitrogens with one attached hydrogen (secondary N) is 1. The van der Waals surface area contributed by atoms with Crippen LogP contribution in [0.2, 0.25) is 0 Å². The second-order valence-electron chi connectivity index (χ2n) is 9.17. The lowest BCUT2D eigenvalue weighted by molar-refractivity contribution is -0.153. The predicted octanol–water partition coefficient (Wildman–Crippen LogP) is 4.37. The van der Waals surface area contributed by atoms with Gasteiger partial charge in [-0.3, -0.25) is 4.79 Å². The summed E-state index contributed by atoms with van der Waals surface area (Å²) in [5.74, 6) is 0.249. The van der Waals surface area contributed by atoms with E-state index >= 15 is 0 Å². The van der Waals surface area contributed by atoms with Crippen LogP contribution in [0.25, 0.3) is 0 Å². The van der Waals surface area contributed by atoms with E-state index in [1.54, 1.807) is 7.11 Å². The molecule has 28 heavy (non-hydrogen) atoms. The van der Waals surface area contributed by atoms with Crippen molar-refractivity contribution in [3.63, 3.8) is 0 Å². The summed E-state index contributed by atoms with van der Waals surface area (Å²) < 4.78 is 10.5. The fraction of sp³-hybridized carbons (Fsp3) is 0.652. The van der Waals surface area contributed by atoms with Crippen LogP contribution in [0.4, 0.5) is 0 Å². The SMILES string of the molecule is COC(=O)C1(NC(=O)C(C)c2ccc(C)cc2OC)CCC(C(C)(C)C)CC1. The van der Waals surface area contributed by atoms with Crippen molar-refractivity contribution in [3.8, 4) is 5.75 Å². The largest absolute Gasteiger partial charge is 0.496 e. The fourth-order valence-electron chi connectivity index (χ4n) is 4.21. The van der Waals surface area contributed by atoms with Crippen molar-refractivity contribution < 1.29 is 19.1 Å². The Morgan fingerprint density at radius 2 is 1.79 bits per heavy atom. The van der Waals surface area contributed by atoms with Gasteiger partial charge in [0.2, 0.25) is 5.91 Å². The zero-order chi connectivity index (χ0) is 21.1. The monoisotopic (exact) mass is 389 g/mol. The first-order valence-electron chi connectivity index (χ1n) is 10.1. The lowest BCUT2D eigenvalue weighted by Gasteiger charge is -2.43. The highest BCUT2D eigenvalue weighted by molar-refractivity contribution is 5.91. The fourth-order valence-corrected chi connectivity index (χ4v) is 4.21. The number of amides is 1. The van der Waals surface area contributed by atoms with Gasteiger partial charge in [-0.25, -0.2) is 4.79 Å². The van der Waals surface area contributed by atoms with Crippen molar-refractivity contribution in [3.05, 3.63) is 29.3 Å². The van der Waals surface area contributed by atoms with Gasteiger partial charge in [0, 0.05) is 5.56 Å². The molecule has 1 N–H and O–H groups in total. The zero-order valence-corrected chi connectivity index (χ0v) is 18.3. The number of benzene rings is 1. The first-order valence-corrected chi connectivity index (χ1v) is 10.1. The van der Waals surface area contributed by atoms with Gasteiger partial charge >= 0.3 is 5.97 Å². The van der Waals surface area contributed by atoms with Gasteiger partial charge in [-0.05, 0) is 62.5 Å². The number of carbonyl (C=O) groups is 2. The molecule has 1 aromatic carbocycles. The van der Waals surface area contributed by atoms with Crippen molar-refractivity contribution in [2.24, 2.45) is 11.3 Å². The van der Waals surface area contributed by atoms with Gasteiger partial charge < -0.3 is 14.8 Å². The van der Waals surface area contributed by atoms with Crippen LogP contribution < -0.4 is 10.1 Å². The molecule has 1 aliphatic carbocycles. The van der Waals surface area contributed by atoms with E-state index < -0.39 is 11.5 Å². The van der Waals surface area contributed by atoms with E-state index in [4.69, 9.17) is 9.47 Å². The van der Waals surface area contributed by atoms with E-state index in [1.807, 2.05) is 32.0 Å². The Morgan fingerprint density at radius 1 is 1.18 bits per heavy atom. The maximum Gasteiger partial charge on any atom is 0.331 e. The van der Waals surface area contributed by atoms with Crippen LogP contribution in [-0.4, -0.2) is 31.6 Å². The molecule has 1 saturated carbocycles. The molecule has 1 aromatic rings. The summed E-state index contributed by atoms with van der Waals surface area (Å²) in [5, 5.41) is 3.05. The highest BCUT2D eigenvalue weighted by atomic mass is 16.5. The average molecular weight is 390 g/mol. The molecular formula is C23H35NO4. The smallest absolute Gasteiger partial charge is 0.331 e. The molecule has 1 fully saturated rings. The first kappa shape index (κ1) is 22.3. The molecule has 1 unspecified atom stereocenters. The molecule has 0 spiro atoms. The number of esters is 1. The molecule has 1 aliphatic rings. The van der Waals surface area contributed by atoms with Crippen molar-refractivity contribution in [1.29, 1.82) is 0 Å². The van der Waals surface area contributed by atoms with Crippen molar-refractivity contribution in [1.82, 2.24) is 5.32 Å². The molecule has 2 rings (SSSR count). The van der Waals surface area contributed by atoms with E-state index in [0.717, 1.165) is 24.0 Å². The number of rotatable bonds is 5. The molecule has 0 radical (unpaired) electrons. The van der Waals surface area contributed by atoms with E-state index in [0.29, 0.717) is 24.5 Å². The Morgan fingerprint density at radius 3 is 2.29 bits per heavy atom. The van der Waals surface area contributed by atoms with Crippen LogP contribution in [0, 0.1) is 18.3 Å². The summed E-state index contributed by atoms with van der Waals surface area (Å²) in [6.45, 7) is 10.5. The minimum atomic E-state index is -0.945. The van der Waals surface area contributed by atoms with Crippen LogP contribution in [0.1, 0.15) is 70.4 Å². The van der Waals surface area contributed by atoms with Gasteiger partial charge in [0.05, 0.1) is 20.1 Å². The number of ether oxygens (including phenoxy) is 2. The second kappa shape index (κ2) is 8.54. The van der Waals surface area contributed by atoms with Crippen LogP contribution in [0.15, 0.2) is 18.2 Å². The third kappa shape index (κ3) is 4.68. The Kier molecular flexibility index (Phi) is 6.79. The average Bonchev–Trinajstić information content (AvgIpc) is 2.66. The van der Waals surface area contributed by atoms with Gasteiger partial charge in [-0.15, -0.1) is 0 Å². The molecule has 5 nitrogen and oxygen atoms in total. The summed E-state index contributed by atoms with van der Waals surface area (Å²) in [4.78, 5) is 25.7. The van der Waals surface area contributed by atoms with Crippen molar-refractivity contribution in [2.45, 2.75) is 71.8 Å². The lowest BCUT2D eigenvalue weighted by atomic mass is 9.67. The molecular weight excluding hydrogens is 354 g/mol. The number of hydrogen-bond acceptors (Lipinski definition) is 4. The normalized spacial score (nSPS) is 23.6. The molecule has 156 valence electrons. The Hall–Kier alpha value is -2.04. The minimum absolute atomic E-state index is 0.179. The molecule has 0 aromatic heterocycles. The topological polar surface area (TPSA) is 64.6 Å². The Bertz CT molecular complexity index is 712. The van der Waals surface area contributed by atoms with Crippen LogP contribution >= 0.6 is 0 Å². The van der Waals surface area contributed by atoms with E-state index in [2.05, 4.69) is 26.1 Å². The highest BCUT2D eigenvalue weighted by Crippen LogP contribution is 2.42. The van der Waals surface area contributed by atoms with Gasteiger partial charge in [-0.2, -0.15) is 0 Å².